The van der Waals surface area contributed by atoms with Crippen LogP contribution in [0.25, 0.3) is 11.0 Å². The van der Waals surface area contributed by atoms with Gasteiger partial charge in [-0.3, -0.25) is 14.2 Å². The van der Waals surface area contributed by atoms with Crippen LogP contribution in [0.5, 0.6) is 5.75 Å². The van der Waals surface area contributed by atoms with Crippen molar-refractivity contribution in [3.05, 3.63) is 99.8 Å². The molecule has 3 aromatic carbocycles. The summed E-state index contributed by atoms with van der Waals surface area (Å²) in [5.74, 6) is 0.999. The number of benzene rings is 3. The van der Waals surface area contributed by atoms with E-state index in [2.05, 4.69) is 36.5 Å². The maximum absolute atomic E-state index is 13.7. The van der Waals surface area contributed by atoms with E-state index in [-0.39, 0.29) is 17.4 Å². The number of para-hydroxylation sites is 2. The summed E-state index contributed by atoms with van der Waals surface area (Å²) in [6, 6.07) is 23.6. The molecule has 1 amide bonds. The Morgan fingerprint density at radius 3 is 2.51 bits per heavy atom. The number of amides is 1. The molecule has 5 rings (SSSR count). The first-order chi connectivity index (χ1) is 18.0. The topological polar surface area (TPSA) is 76.5 Å². The van der Waals surface area contributed by atoms with Crippen LogP contribution in [0, 0.1) is 12.8 Å². The van der Waals surface area contributed by atoms with Gasteiger partial charge in [-0.25, -0.2) is 4.98 Å². The first-order valence-corrected chi connectivity index (χ1v) is 12.7. The average Bonchev–Trinajstić information content (AvgIpc) is 2.94. The molecule has 0 radical (unpaired) electrons. The third kappa shape index (κ3) is 5.50. The predicted octanol–water partition coefficient (Wildman–Crippen LogP) is 4.29. The van der Waals surface area contributed by atoms with E-state index in [1.807, 2.05) is 53.4 Å². The number of rotatable bonds is 7. The lowest BCUT2D eigenvalue weighted by atomic mass is 9.97. The van der Waals surface area contributed by atoms with Crippen molar-refractivity contribution in [3.8, 4) is 5.75 Å². The summed E-state index contributed by atoms with van der Waals surface area (Å²) in [5, 5.41) is 3.06. The second-order valence-electron chi connectivity index (χ2n) is 9.65. The van der Waals surface area contributed by atoms with Gasteiger partial charge >= 0.3 is 0 Å². The number of fused-ring (bicyclic) bond motifs is 1. The van der Waals surface area contributed by atoms with Gasteiger partial charge in [0.05, 0.1) is 30.6 Å². The van der Waals surface area contributed by atoms with Gasteiger partial charge in [-0.1, -0.05) is 54.1 Å². The number of carbonyl (C=O) groups is 1. The van der Waals surface area contributed by atoms with Crippen LogP contribution >= 0.6 is 0 Å². The lowest BCUT2D eigenvalue weighted by molar-refractivity contribution is -0.125. The van der Waals surface area contributed by atoms with E-state index >= 15 is 0 Å². The van der Waals surface area contributed by atoms with Gasteiger partial charge < -0.3 is 15.0 Å². The summed E-state index contributed by atoms with van der Waals surface area (Å²) in [6.07, 6.45) is 1.61. The molecular weight excluding hydrogens is 464 g/mol. The van der Waals surface area contributed by atoms with E-state index in [1.54, 1.807) is 11.7 Å². The number of carbonyl (C=O) groups excluding carboxylic acids is 1. The summed E-state index contributed by atoms with van der Waals surface area (Å²) in [7, 11) is 1.63. The third-order valence-electron chi connectivity index (χ3n) is 7.01. The molecule has 0 saturated carbocycles. The van der Waals surface area contributed by atoms with Gasteiger partial charge in [-0.05, 0) is 55.2 Å². The van der Waals surface area contributed by atoms with Crippen LogP contribution in [0.3, 0.4) is 0 Å². The molecular formula is C30H32N4O3. The molecule has 0 spiro atoms. The highest BCUT2D eigenvalue weighted by Crippen LogP contribution is 2.23. The number of nitrogens with zero attached hydrogens (tertiary/aromatic N) is 3. The maximum Gasteiger partial charge on any atom is 0.294 e. The molecule has 190 valence electrons. The Balaban J connectivity index is 1.36. The van der Waals surface area contributed by atoms with Gasteiger partial charge in [0.2, 0.25) is 5.91 Å². The quantitative estimate of drug-likeness (QED) is 0.413. The van der Waals surface area contributed by atoms with Crippen molar-refractivity contribution >= 4 is 22.8 Å². The van der Waals surface area contributed by atoms with E-state index in [0.29, 0.717) is 32.0 Å². The van der Waals surface area contributed by atoms with E-state index in [1.165, 1.54) is 5.56 Å². The van der Waals surface area contributed by atoms with Crippen molar-refractivity contribution in [2.45, 2.75) is 32.9 Å². The van der Waals surface area contributed by atoms with Crippen LogP contribution in [-0.4, -0.2) is 35.7 Å². The zero-order chi connectivity index (χ0) is 25.8. The van der Waals surface area contributed by atoms with E-state index in [9.17, 15) is 9.59 Å². The van der Waals surface area contributed by atoms with Gasteiger partial charge in [0, 0.05) is 19.6 Å². The van der Waals surface area contributed by atoms with Crippen LogP contribution in [0.2, 0.25) is 0 Å². The van der Waals surface area contributed by atoms with Crippen LogP contribution in [-0.2, 0) is 17.9 Å². The summed E-state index contributed by atoms with van der Waals surface area (Å²) < 4.78 is 7.00. The number of anilines is 1. The van der Waals surface area contributed by atoms with Crippen molar-refractivity contribution in [2.75, 3.05) is 25.1 Å². The fourth-order valence-electron chi connectivity index (χ4n) is 4.88. The number of methoxy groups -OCH3 is 1. The fraction of sp³-hybridized carbons (Fsp3) is 0.300. The van der Waals surface area contributed by atoms with Crippen LogP contribution in [0.1, 0.15) is 29.5 Å². The van der Waals surface area contributed by atoms with Crippen molar-refractivity contribution < 1.29 is 9.53 Å². The van der Waals surface area contributed by atoms with Crippen molar-refractivity contribution in [2.24, 2.45) is 5.92 Å². The molecule has 7 nitrogen and oxygen atoms in total. The van der Waals surface area contributed by atoms with Gasteiger partial charge in [-0.2, -0.15) is 0 Å². The molecule has 37 heavy (non-hydrogen) atoms. The Hall–Kier alpha value is -4.13. The van der Waals surface area contributed by atoms with E-state index in [0.717, 1.165) is 40.8 Å². The molecule has 1 fully saturated rings. The highest BCUT2D eigenvalue weighted by Gasteiger charge is 2.28. The van der Waals surface area contributed by atoms with Gasteiger partial charge in [0.1, 0.15) is 5.75 Å². The van der Waals surface area contributed by atoms with Crippen LogP contribution in [0.4, 0.5) is 5.82 Å². The van der Waals surface area contributed by atoms with E-state index in [4.69, 9.17) is 9.72 Å². The molecule has 7 heteroatoms. The summed E-state index contributed by atoms with van der Waals surface area (Å²) in [4.78, 5) is 33.5. The number of piperidine rings is 1. The zero-order valence-corrected chi connectivity index (χ0v) is 21.3. The number of hydrogen-bond donors (Lipinski definition) is 1. The normalized spacial score (nSPS) is 15.5. The Labute approximate surface area is 216 Å². The molecule has 0 bridgehead atoms. The number of aryl methyl sites for hydroxylation is 1. The molecule has 2 heterocycles. The molecule has 1 unspecified atom stereocenters. The van der Waals surface area contributed by atoms with Crippen molar-refractivity contribution in [1.29, 1.82) is 0 Å². The molecule has 1 saturated heterocycles. The minimum absolute atomic E-state index is 0.00119. The van der Waals surface area contributed by atoms with Gasteiger partial charge in [0.25, 0.3) is 5.56 Å². The number of aromatic nitrogens is 2. The zero-order valence-electron chi connectivity index (χ0n) is 21.3. The Kier molecular flexibility index (Phi) is 7.21. The predicted molar refractivity (Wildman–Crippen MR) is 146 cm³/mol. The molecule has 4 aromatic rings. The second kappa shape index (κ2) is 10.9. The van der Waals surface area contributed by atoms with Crippen molar-refractivity contribution in [3.63, 3.8) is 0 Å². The Morgan fingerprint density at radius 1 is 1.03 bits per heavy atom. The lowest BCUT2D eigenvalue weighted by Crippen LogP contribution is -2.45. The molecule has 1 aliphatic heterocycles. The molecule has 1 aromatic heterocycles. The third-order valence-corrected chi connectivity index (χ3v) is 7.01. The maximum atomic E-state index is 13.7. The van der Waals surface area contributed by atoms with Gasteiger partial charge in [0.15, 0.2) is 5.82 Å². The lowest BCUT2D eigenvalue weighted by Gasteiger charge is -2.32. The first kappa shape index (κ1) is 24.6. The highest BCUT2D eigenvalue weighted by molar-refractivity contribution is 5.80. The Bertz CT molecular complexity index is 1440. The monoisotopic (exact) mass is 496 g/mol. The molecule has 1 N–H and O–H groups in total. The largest absolute Gasteiger partial charge is 0.497 e. The summed E-state index contributed by atoms with van der Waals surface area (Å²) >= 11 is 0. The number of hydrogen-bond acceptors (Lipinski definition) is 5. The second-order valence-corrected chi connectivity index (χ2v) is 9.65. The van der Waals surface area contributed by atoms with E-state index < -0.39 is 0 Å². The Morgan fingerprint density at radius 2 is 1.76 bits per heavy atom. The van der Waals surface area contributed by atoms with Gasteiger partial charge in [-0.15, -0.1) is 0 Å². The summed E-state index contributed by atoms with van der Waals surface area (Å²) in [5.41, 5.74) is 4.71. The first-order valence-electron chi connectivity index (χ1n) is 12.7. The van der Waals surface area contributed by atoms with Crippen molar-refractivity contribution in [1.82, 2.24) is 14.9 Å². The number of nitrogens with one attached hydrogen (secondary N) is 1. The summed E-state index contributed by atoms with van der Waals surface area (Å²) in [6.45, 7) is 4.15. The fourth-order valence-corrected chi connectivity index (χ4v) is 4.88. The average molecular weight is 497 g/mol. The standard InChI is InChI=1S/C30H32N4O3/c1-21-9-11-23(12-10-21)19-34-27-8-4-3-7-26(27)32-28(30(34)36)33-17-5-6-24(20-33)29(35)31-18-22-13-15-25(37-2)16-14-22/h3-4,7-16,24H,5-6,17-20H2,1-2H3,(H,31,35). The van der Waals surface area contributed by atoms with Crippen LogP contribution in [0.15, 0.2) is 77.6 Å². The highest BCUT2D eigenvalue weighted by atomic mass is 16.5. The minimum atomic E-state index is -0.204. The molecule has 1 atom stereocenters. The smallest absolute Gasteiger partial charge is 0.294 e. The molecule has 1 aliphatic rings. The molecule has 0 aliphatic carbocycles. The number of ether oxygens (including phenoxy) is 1. The van der Waals surface area contributed by atoms with Crippen LogP contribution < -0.4 is 20.5 Å². The SMILES string of the molecule is COc1ccc(CNC(=O)C2CCCN(c3nc4ccccc4n(Cc4ccc(C)cc4)c3=O)C2)cc1. The minimum Gasteiger partial charge on any atom is -0.497 e.